The molecule has 0 aliphatic heterocycles. The molecule has 0 saturated heterocycles. The Morgan fingerprint density at radius 1 is 1.27 bits per heavy atom. The van der Waals surface area contributed by atoms with E-state index in [2.05, 4.69) is 6.07 Å². The van der Waals surface area contributed by atoms with Gasteiger partial charge in [0.25, 0.3) is 0 Å². The van der Waals surface area contributed by atoms with Gasteiger partial charge in [-0.2, -0.15) is 5.26 Å². The Hall–Kier alpha value is -1.20. The summed E-state index contributed by atoms with van der Waals surface area (Å²) >= 11 is 5.88. The highest BCUT2D eigenvalue weighted by Gasteiger charge is 2.17. The Morgan fingerprint density at radius 2 is 2.00 bits per heavy atom. The van der Waals surface area contributed by atoms with Crippen molar-refractivity contribution in [3.8, 4) is 11.8 Å². The maximum absolute atomic E-state index is 9.69. The van der Waals surface area contributed by atoms with Crippen LogP contribution in [0.2, 0.25) is 5.02 Å². The van der Waals surface area contributed by atoms with E-state index in [0.717, 1.165) is 36.8 Å². The number of aryl methyl sites for hydroxylation is 1. The zero-order valence-electron chi connectivity index (χ0n) is 8.39. The van der Waals surface area contributed by atoms with Crippen LogP contribution >= 0.6 is 11.6 Å². The molecule has 3 heteroatoms. The van der Waals surface area contributed by atoms with Crippen LogP contribution in [0.1, 0.15) is 36.0 Å². The molecule has 0 radical (unpaired) electrons. The predicted octanol–water partition coefficient (Wildman–Crippen LogP) is 3.19. The molecule has 0 atom stereocenters. The number of nitrogens with zero attached hydrogens (tertiary/aromatic N) is 1. The van der Waals surface area contributed by atoms with Gasteiger partial charge in [0.2, 0.25) is 0 Å². The van der Waals surface area contributed by atoms with Crippen LogP contribution in [0, 0.1) is 11.3 Å². The van der Waals surface area contributed by atoms with Gasteiger partial charge in [-0.15, -0.1) is 0 Å². The lowest BCUT2D eigenvalue weighted by molar-refractivity contribution is 0.472. The molecule has 0 unspecified atom stereocenters. The average molecular weight is 222 g/mol. The average Bonchev–Trinajstić information content (AvgIpc) is 2.45. The van der Waals surface area contributed by atoms with Crippen LogP contribution < -0.4 is 0 Å². The topological polar surface area (TPSA) is 44.0 Å². The smallest absolute Gasteiger partial charge is 0.152 e. The molecule has 0 heterocycles. The molecular weight excluding hydrogens is 210 g/mol. The Kier molecular flexibility index (Phi) is 2.83. The summed E-state index contributed by atoms with van der Waals surface area (Å²) in [7, 11) is 0. The fourth-order valence-corrected chi connectivity index (χ4v) is 2.38. The minimum Gasteiger partial charge on any atom is -0.505 e. The zero-order chi connectivity index (χ0) is 10.8. The van der Waals surface area contributed by atoms with Crippen molar-refractivity contribution in [1.82, 2.24) is 0 Å². The molecule has 78 valence electrons. The summed E-state index contributed by atoms with van der Waals surface area (Å²) in [4.78, 5) is 0. The summed E-state index contributed by atoms with van der Waals surface area (Å²) < 4.78 is 0. The van der Waals surface area contributed by atoms with E-state index in [0.29, 0.717) is 10.6 Å². The standard InChI is InChI=1S/C12H12ClNO/c13-11-6-8-4-2-1-3-5-9(8)10(7-14)12(11)15/h6,15H,1-5H2. The fraction of sp³-hybridized carbons (Fsp3) is 0.417. The first-order valence-electron chi connectivity index (χ1n) is 5.17. The van der Waals surface area contributed by atoms with Gasteiger partial charge in [-0.05, 0) is 42.9 Å². The number of phenols is 1. The molecule has 15 heavy (non-hydrogen) atoms. The van der Waals surface area contributed by atoms with Gasteiger partial charge in [0.1, 0.15) is 6.07 Å². The molecule has 0 aromatic heterocycles. The van der Waals surface area contributed by atoms with Crippen molar-refractivity contribution in [3.63, 3.8) is 0 Å². The van der Waals surface area contributed by atoms with Crippen molar-refractivity contribution in [2.75, 3.05) is 0 Å². The monoisotopic (exact) mass is 221 g/mol. The molecule has 0 saturated carbocycles. The number of aromatic hydroxyl groups is 1. The van der Waals surface area contributed by atoms with Gasteiger partial charge in [0.05, 0.1) is 10.6 Å². The number of nitriles is 1. The summed E-state index contributed by atoms with van der Waals surface area (Å²) in [5, 5.41) is 19.0. The van der Waals surface area contributed by atoms with Gasteiger partial charge >= 0.3 is 0 Å². The highest BCUT2D eigenvalue weighted by molar-refractivity contribution is 6.32. The van der Waals surface area contributed by atoms with Gasteiger partial charge in [-0.25, -0.2) is 0 Å². The first kappa shape index (κ1) is 10.3. The highest BCUT2D eigenvalue weighted by atomic mass is 35.5. The van der Waals surface area contributed by atoms with Crippen molar-refractivity contribution in [2.45, 2.75) is 32.1 Å². The third-order valence-electron chi connectivity index (χ3n) is 2.94. The lowest BCUT2D eigenvalue weighted by atomic mass is 9.97. The van der Waals surface area contributed by atoms with Gasteiger partial charge < -0.3 is 5.11 Å². The van der Waals surface area contributed by atoms with E-state index in [1.54, 1.807) is 6.07 Å². The number of rotatable bonds is 0. The second kappa shape index (κ2) is 4.12. The number of fused-ring (bicyclic) bond motifs is 1. The van der Waals surface area contributed by atoms with Crippen LogP contribution in [0.15, 0.2) is 6.07 Å². The third kappa shape index (κ3) is 1.80. The minimum atomic E-state index is -0.0557. The molecule has 0 spiro atoms. The molecule has 0 bridgehead atoms. The summed E-state index contributed by atoms with van der Waals surface area (Å²) in [6, 6.07) is 3.86. The first-order chi connectivity index (χ1) is 7.24. The molecule has 0 amide bonds. The summed E-state index contributed by atoms with van der Waals surface area (Å²) in [5.74, 6) is -0.0557. The van der Waals surface area contributed by atoms with Crippen LogP contribution in [0.5, 0.6) is 5.75 Å². The van der Waals surface area contributed by atoms with Gasteiger partial charge in [-0.1, -0.05) is 18.0 Å². The number of phenolic OH excluding ortho intramolecular Hbond substituents is 1. The molecular formula is C12H12ClNO. The van der Waals surface area contributed by atoms with Crippen molar-refractivity contribution in [3.05, 3.63) is 27.8 Å². The van der Waals surface area contributed by atoms with Gasteiger partial charge in [0, 0.05) is 0 Å². The molecule has 1 aromatic carbocycles. The molecule has 1 aliphatic rings. The quantitative estimate of drug-likeness (QED) is 0.684. The largest absolute Gasteiger partial charge is 0.505 e. The van der Waals surface area contributed by atoms with E-state index in [9.17, 15) is 5.11 Å². The second-order valence-electron chi connectivity index (χ2n) is 3.89. The Balaban J connectivity index is 2.62. The second-order valence-corrected chi connectivity index (χ2v) is 4.30. The van der Waals surface area contributed by atoms with E-state index in [1.807, 2.05) is 0 Å². The van der Waals surface area contributed by atoms with Gasteiger partial charge in [0.15, 0.2) is 5.75 Å². The van der Waals surface area contributed by atoms with Gasteiger partial charge in [-0.3, -0.25) is 0 Å². The number of benzene rings is 1. The van der Waals surface area contributed by atoms with Crippen molar-refractivity contribution < 1.29 is 5.11 Å². The fourth-order valence-electron chi connectivity index (χ4n) is 2.15. The summed E-state index contributed by atoms with van der Waals surface area (Å²) in [6.07, 6.45) is 5.24. The normalized spacial score (nSPS) is 15.2. The van der Waals surface area contributed by atoms with E-state index in [1.165, 1.54) is 6.42 Å². The Labute approximate surface area is 94.1 Å². The third-order valence-corrected chi connectivity index (χ3v) is 3.23. The van der Waals surface area contributed by atoms with E-state index in [-0.39, 0.29) is 5.75 Å². The minimum absolute atomic E-state index is 0.0557. The molecule has 2 nitrogen and oxygen atoms in total. The van der Waals surface area contributed by atoms with Crippen molar-refractivity contribution in [2.24, 2.45) is 0 Å². The lowest BCUT2D eigenvalue weighted by Crippen LogP contribution is -1.96. The van der Waals surface area contributed by atoms with Crippen LogP contribution in [0.3, 0.4) is 0 Å². The maximum Gasteiger partial charge on any atom is 0.152 e. The summed E-state index contributed by atoms with van der Waals surface area (Å²) in [5.41, 5.74) is 2.50. The highest BCUT2D eigenvalue weighted by Crippen LogP contribution is 2.35. The van der Waals surface area contributed by atoms with Crippen LogP contribution in [-0.4, -0.2) is 5.11 Å². The van der Waals surface area contributed by atoms with Crippen LogP contribution in [0.25, 0.3) is 0 Å². The molecule has 1 aromatic rings. The molecule has 1 N–H and O–H groups in total. The van der Waals surface area contributed by atoms with E-state index < -0.39 is 0 Å². The lowest BCUT2D eigenvalue weighted by Gasteiger charge is -2.10. The maximum atomic E-state index is 9.69. The molecule has 1 aliphatic carbocycles. The van der Waals surface area contributed by atoms with Crippen molar-refractivity contribution in [1.29, 1.82) is 5.26 Å². The van der Waals surface area contributed by atoms with Crippen LogP contribution in [0.4, 0.5) is 0 Å². The first-order valence-corrected chi connectivity index (χ1v) is 5.55. The van der Waals surface area contributed by atoms with E-state index >= 15 is 0 Å². The predicted molar refractivity (Wildman–Crippen MR) is 59.1 cm³/mol. The zero-order valence-corrected chi connectivity index (χ0v) is 9.14. The van der Waals surface area contributed by atoms with E-state index in [4.69, 9.17) is 16.9 Å². The SMILES string of the molecule is N#Cc1c(O)c(Cl)cc2c1CCCCC2. The molecule has 2 rings (SSSR count). The number of hydrogen-bond acceptors (Lipinski definition) is 2. The van der Waals surface area contributed by atoms with Crippen molar-refractivity contribution >= 4 is 11.6 Å². The Morgan fingerprint density at radius 3 is 2.73 bits per heavy atom. The number of hydrogen-bond donors (Lipinski definition) is 1. The molecule has 0 fully saturated rings. The van der Waals surface area contributed by atoms with Crippen LogP contribution in [-0.2, 0) is 12.8 Å². The summed E-state index contributed by atoms with van der Waals surface area (Å²) in [6.45, 7) is 0. The Bertz CT molecular complexity index is 434. The number of halogens is 1.